The molecule has 4 nitrogen and oxygen atoms in total. The summed E-state index contributed by atoms with van der Waals surface area (Å²) in [5.41, 5.74) is 0. The van der Waals surface area contributed by atoms with Crippen LogP contribution in [-0.2, 0) is 0 Å². The summed E-state index contributed by atoms with van der Waals surface area (Å²) in [5, 5.41) is 4.22. The second-order valence-electron chi connectivity index (χ2n) is 4.61. The lowest BCUT2D eigenvalue weighted by molar-refractivity contribution is 0.247. The van der Waals surface area contributed by atoms with Gasteiger partial charge in [0.2, 0.25) is 0 Å². The molecule has 2 aromatic rings. The van der Waals surface area contributed by atoms with Gasteiger partial charge in [-0.15, -0.1) is 0 Å². The molecule has 19 heavy (non-hydrogen) atoms. The lowest BCUT2D eigenvalue weighted by atomic mass is 10.3. The average molecular weight is 260 g/mol. The van der Waals surface area contributed by atoms with E-state index in [9.17, 15) is 0 Å². The van der Waals surface area contributed by atoms with Gasteiger partial charge in [-0.2, -0.15) is 5.10 Å². The number of para-hydroxylation sites is 1. The molecule has 4 heteroatoms. The van der Waals surface area contributed by atoms with Crippen molar-refractivity contribution in [1.82, 2.24) is 9.78 Å². The third-order valence-corrected chi connectivity index (χ3v) is 2.68. The maximum atomic E-state index is 5.61. The molecule has 1 aromatic carbocycles. The molecule has 0 atom stereocenters. The van der Waals surface area contributed by atoms with E-state index in [1.165, 1.54) is 0 Å². The van der Waals surface area contributed by atoms with Crippen LogP contribution >= 0.6 is 0 Å². The predicted molar refractivity (Wildman–Crippen MR) is 74.7 cm³/mol. The van der Waals surface area contributed by atoms with Crippen molar-refractivity contribution in [2.24, 2.45) is 0 Å². The van der Waals surface area contributed by atoms with E-state index in [4.69, 9.17) is 9.47 Å². The highest BCUT2D eigenvalue weighted by Crippen LogP contribution is 2.13. The number of hydrogen-bond donors (Lipinski definition) is 0. The Labute approximate surface area is 114 Å². The summed E-state index contributed by atoms with van der Waals surface area (Å²) in [5.74, 6) is 1.71. The first kappa shape index (κ1) is 13.5. The highest BCUT2D eigenvalue weighted by Gasteiger charge is 2.02. The minimum Gasteiger partial charge on any atom is -0.493 e. The molecule has 0 amide bonds. The summed E-state index contributed by atoms with van der Waals surface area (Å²) in [6, 6.07) is 10.2. The Kier molecular flexibility index (Phi) is 4.84. The number of nitrogens with zero attached hydrogens (tertiary/aromatic N) is 2. The van der Waals surface area contributed by atoms with Gasteiger partial charge in [-0.1, -0.05) is 18.2 Å². The molecule has 0 fully saturated rings. The van der Waals surface area contributed by atoms with Gasteiger partial charge in [0.1, 0.15) is 5.75 Å². The fraction of sp³-hybridized carbons (Fsp3) is 0.400. The van der Waals surface area contributed by atoms with Crippen molar-refractivity contribution in [3.63, 3.8) is 0 Å². The van der Waals surface area contributed by atoms with Gasteiger partial charge in [0, 0.05) is 12.5 Å². The standard InChI is InChI=1S/C15H20N2O2/c1-13(2)17-12-15(11-16-17)19-10-6-9-18-14-7-4-3-5-8-14/h3-5,7-8,11-13H,6,9-10H2,1-2H3. The van der Waals surface area contributed by atoms with Crippen LogP contribution in [0.1, 0.15) is 26.3 Å². The van der Waals surface area contributed by atoms with Gasteiger partial charge in [-0.3, -0.25) is 4.68 Å². The summed E-state index contributed by atoms with van der Waals surface area (Å²) in [7, 11) is 0. The van der Waals surface area contributed by atoms with Crippen molar-refractivity contribution in [3.05, 3.63) is 42.7 Å². The van der Waals surface area contributed by atoms with E-state index in [0.717, 1.165) is 17.9 Å². The largest absolute Gasteiger partial charge is 0.493 e. The zero-order valence-corrected chi connectivity index (χ0v) is 11.5. The smallest absolute Gasteiger partial charge is 0.157 e. The van der Waals surface area contributed by atoms with Crippen LogP contribution in [-0.4, -0.2) is 23.0 Å². The number of benzene rings is 1. The maximum Gasteiger partial charge on any atom is 0.157 e. The molecule has 102 valence electrons. The fourth-order valence-corrected chi connectivity index (χ4v) is 1.63. The molecule has 0 saturated heterocycles. The molecule has 0 radical (unpaired) electrons. The molecule has 0 aliphatic carbocycles. The van der Waals surface area contributed by atoms with Gasteiger partial charge >= 0.3 is 0 Å². The maximum absolute atomic E-state index is 5.61. The zero-order chi connectivity index (χ0) is 13.5. The van der Waals surface area contributed by atoms with Crippen LogP contribution in [0.5, 0.6) is 11.5 Å². The van der Waals surface area contributed by atoms with Crippen LogP contribution in [0.4, 0.5) is 0 Å². The molecule has 0 aliphatic rings. The molecule has 2 rings (SSSR count). The molecular weight excluding hydrogens is 240 g/mol. The van der Waals surface area contributed by atoms with Gasteiger partial charge in [-0.05, 0) is 26.0 Å². The third kappa shape index (κ3) is 4.32. The topological polar surface area (TPSA) is 36.3 Å². The van der Waals surface area contributed by atoms with E-state index in [2.05, 4.69) is 18.9 Å². The van der Waals surface area contributed by atoms with Crippen molar-refractivity contribution >= 4 is 0 Å². The lowest BCUT2D eigenvalue weighted by Gasteiger charge is -2.06. The highest BCUT2D eigenvalue weighted by molar-refractivity contribution is 5.20. The molecule has 0 bridgehead atoms. The normalized spacial score (nSPS) is 10.7. The lowest BCUT2D eigenvalue weighted by Crippen LogP contribution is -2.04. The molecule has 0 spiro atoms. The SMILES string of the molecule is CC(C)n1cc(OCCCOc2ccccc2)cn1. The molecule has 0 aliphatic heterocycles. The van der Waals surface area contributed by atoms with Crippen LogP contribution < -0.4 is 9.47 Å². The van der Waals surface area contributed by atoms with Crippen molar-refractivity contribution in [2.45, 2.75) is 26.3 Å². The summed E-state index contributed by atoms with van der Waals surface area (Å²) in [4.78, 5) is 0. The van der Waals surface area contributed by atoms with Gasteiger partial charge in [-0.25, -0.2) is 0 Å². The van der Waals surface area contributed by atoms with E-state index in [1.54, 1.807) is 6.20 Å². The van der Waals surface area contributed by atoms with Crippen molar-refractivity contribution in [2.75, 3.05) is 13.2 Å². The molecule has 0 saturated carbocycles. The minimum absolute atomic E-state index is 0.360. The van der Waals surface area contributed by atoms with E-state index >= 15 is 0 Å². The summed E-state index contributed by atoms with van der Waals surface area (Å²) in [6.07, 6.45) is 4.52. The van der Waals surface area contributed by atoms with E-state index in [-0.39, 0.29) is 0 Å². The second kappa shape index (κ2) is 6.83. The van der Waals surface area contributed by atoms with Gasteiger partial charge in [0.25, 0.3) is 0 Å². The number of hydrogen-bond acceptors (Lipinski definition) is 3. The average Bonchev–Trinajstić information content (AvgIpc) is 2.89. The van der Waals surface area contributed by atoms with Crippen molar-refractivity contribution in [3.8, 4) is 11.5 Å². The van der Waals surface area contributed by atoms with Crippen LogP contribution in [0.25, 0.3) is 0 Å². The molecule has 1 heterocycles. The Morgan fingerprint density at radius 2 is 1.74 bits per heavy atom. The van der Waals surface area contributed by atoms with Gasteiger partial charge < -0.3 is 9.47 Å². The Bertz CT molecular complexity index is 480. The number of ether oxygens (including phenoxy) is 2. The Balaban J connectivity index is 1.64. The van der Waals surface area contributed by atoms with E-state index in [1.807, 2.05) is 41.2 Å². The number of rotatable bonds is 7. The predicted octanol–water partition coefficient (Wildman–Crippen LogP) is 3.31. The van der Waals surface area contributed by atoms with Crippen molar-refractivity contribution < 1.29 is 9.47 Å². The first-order valence-electron chi connectivity index (χ1n) is 6.60. The Morgan fingerprint density at radius 3 is 2.37 bits per heavy atom. The molecular formula is C15H20N2O2. The van der Waals surface area contributed by atoms with E-state index in [0.29, 0.717) is 19.3 Å². The first-order chi connectivity index (χ1) is 9.25. The molecule has 0 N–H and O–H groups in total. The van der Waals surface area contributed by atoms with Crippen LogP contribution in [0.3, 0.4) is 0 Å². The summed E-state index contributed by atoms with van der Waals surface area (Å²) in [6.45, 7) is 5.47. The molecule has 0 unspecified atom stereocenters. The minimum atomic E-state index is 0.360. The monoisotopic (exact) mass is 260 g/mol. The quantitative estimate of drug-likeness (QED) is 0.717. The van der Waals surface area contributed by atoms with Crippen molar-refractivity contribution in [1.29, 1.82) is 0 Å². The summed E-state index contributed by atoms with van der Waals surface area (Å²) >= 11 is 0. The van der Waals surface area contributed by atoms with Crippen LogP contribution in [0.2, 0.25) is 0 Å². The van der Waals surface area contributed by atoms with Gasteiger partial charge in [0.05, 0.1) is 25.6 Å². The second-order valence-corrected chi connectivity index (χ2v) is 4.61. The Hall–Kier alpha value is -1.97. The van der Waals surface area contributed by atoms with Crippen LogP contribution in [0, 0.1) is 0 Å². The zero-order valence-electron chi connectivity index (χ0n) is 11.5. The van der Waals surface area contributed by atoms with E-state index < -0.39 is 0 Å². The van der Waals surface area contributed by atoms with Crippen LogP contribution in [0.15, 0.2) is 42.7 Å². The third-order valence-electron chi connectivity index (χ3n) is 2.68. The Morgan fingerprint density at radius 1 is 1.05 bits per heavy atom. The fourth-order valence-electron chi connectivity index (χ4n) is 1.63. The molecule has 1 aromatic heterocycles. The summed E-state index contributed by atoms with van der Waals surface area (Å²) < 4.78 is 13.1. The van der Waals surface area contributed by atoms with Gasteiger partial charge in [0.15, 0.2) is 5.75 Å². The first-order valence-corrected chi connectivity index (χ1v) is 6.60. The highest BCUT2D eigenvalue weighted by atomic mass is 16.5. The number of aromatic nitrogens is 2.